The Kier molecular flexibility index (Phi) is 7.18. The van der Waals surface area contributed by atoms with E-state index < -0.39 is 41.7 Å². The number of benzene rings is 2. The highest BCUT2D eigenvalue weighted by Gasteiger charge is 2.49. The molecule has 0 unspecified atom stereocenters. The molecule has 7 rings (SSSR count). The normalized spacial score (nSPS) is 24.2. The van der Waals surface area contributed by atoms with Gasteiger partial charge in [-0.1, -0.05) is 17.7 Å². The highest BCUT2D eigenvalue weighted by molar-refractivity contribution is 7.23. The van der Waals surface area contributed by atoms with Crippen molar-refractivity contribution in [2.45, 2.75) is 49.6 Å². The number of thiophene rings is 1. The summed E-state index contributed by atoms with van der Waals surface area (Å²) in [7, 11) is 1.63. The number of amides is 1. The minimum Gasteiger partial charge on any atom is -0.465 e. The molecule has 0 bridgehead atoms. The third-order valence-corrected chi connectivity index (χ3v) is 10.4. The number of rotatable bonds is 7. The maximum absolute atomic E-state index is 16.8. The highest BCUT2D eigenvalue weighted by Crippen LogP contribution is 2.47. The summed E-state index contributed by atoms with van der Waals surface area (Å²) >= 11 is 7.39. The van der Waals surface area contributed by atoms with E-state index in [1.165, 1.54) is 12.1 Å². The van der Waals surface area contributed by atoms with E-state index in [0.717, 1.165) is 25.5 Å². The Morgan fingerprint density at radius 2 is 2.13 bits per heavy atom. The first-order chi connectivity index (χ1) is 21.5. The number of hydrogen-bond acceptors (Lipinski definition) is 8. The molecule has 2 aliphatic heterocycles. The van der Waals surface area contributed by atoms with Gasteiger partial charge in [-0.05, 0) is 37.1 Å². The van der Waals surface area contributed by atoms with Crippen molar-refractivity contribution in [3.05, 3.63) is 40.4 Å². The van der Waals surface area contributed by atoms with Crippen molar-refractivity contribution < 1.29 is 32.2 Å². The summed E-state index contributed by atoms with van der Waals surface area (Å²) in [6, 6.07) is 4.98. The lowest BCUT2D eigenvalue weighted by Gasteiger charge is -2.31. The van der Waals surface area contributed by atoms with Crippen LogP contribution in [0.3, 0.4) is 0 Å². The lowest BCUT2D eigenvalue weighted by Crippen LogP contribution is -2.43. The molecule has 45 heavy (non-hydrogen) atoms. The van der Waals surface area contributed by atoms with Gasteiger partial charge in [0.25, 0.3) is 0 Å². The smallest absolute Gasteiger partial charge is 0.409 e. The number of nitriles is 1. The van der Waals surface area contributed by atoms with E-state index in [1.54, 1.807) is 11.9 Å². The first-order valence-corrected chi connectivity index (χ1v) is 15.4. The maximum Gasteiger partial charge on any atom is 0.409 e. The molecule has 3 aliphatic rings. The molecule has 2 aromatic carbocycles. The lowest BCUT2D eigenvalue weighted by atomic mass is 9.95. The van der Waals surface area contributed by atoms with E-state index in [9.17, 15) is 28.3 Å². The van der Waals surface area contributed by atoms with Gasteiger partial charge in [0.15, 0.2) is 5.82 Å². The minimum absolute atomic E-state index is 0.0186. The SMILES string of the molecule is CN(c1nc(OC[C@@]23CCCN2C[C@H](F)C3)nc2c(F)c(-c3ccc(F)c4sc(NC(=O)O)c(C#N)c34)c(Cl)cc12)[C@H]1C[C@@H]1F. The van der Waals surface area contributed by atoms with Crippen molar-refractivity contribution in [2.24, 2.45) is 0 Å². The number of carboxylic acid groups (broad SMARTS) is 1. The van der Waals surface area contributed by atoms with Crippen LogP contribution in [0.25, 0.3) is 32.1 Å². The first kappa shape index (κ1) is 29.8. The van der Waals surface area contributed by atoms with Gasteiger partial charge in [-0.25, -0.2) is 22.4 Å². The first-order valence-electron chi connectivity index (χ1n) is 14.3. The molecule has 4 heterocycles. The molecule has 9 nitrogen and oxygen atoms in total. The van der Waals surface area contributed by atoms with Crippen LogP contribution in [0, 0.1) is 23.0 Å². The van der Waals surface area contributed by atoms with Crippen LogP contribution < -0.4 is 15.0 Å². The number of fused-ring (bicyclic) bond motifs is 3. The van der Waals surface area contributed by atoms with Crippen molar-refractivity contribution in [1.29, 1.82) is 5.26 Å². The number of hydrogen-bond donors (Lipinski definition) is 2. The van der Waals surface area contributed by atoms with Crippen molar-refractivity contribution in [1.82, 2.24) is 14.9 Å². The number of halogens is 5. The van der Waals surface area contributed by atoms with Crippen molar-refractivity contribution >= 4 is 60.8 Å². The highest BCUT2D eigenvalue weighted by atomic mass is 35.5. The van der Waals surface area contributed by atoms with Crippen molar-refractivity contribution in [3.63, 3.8) is 0 Å². The Balaban J connectivity index is 1.39. The number of ether oxygens (including phenoxy) is 1. The minimum atomic E-state index is -1.46. The number of aromatic nitrogens is 2. The van der Waals surface area contributed by atoms with Crippen molar-refractivity contribution in [2.75, 3.05) is 37.0 Å². The van der Waals surface area contributed by atoms with E-state index in [0.29, 0.717) is 24.3 Å². The summed E-state index contributed by atoms with van der Waals surface area (Å²) in [4.78, 5) is 23.9. The second-order valence-corrected chi connectivity index (χ2v) is 13.1. The standard InChI is InChI=1S/C30H25ClF4N6O3S/c1-40(20-8-19(20)34)26-15-7-17(31)22(14-3-4-18(33)25-21(14)16(10-36)27(45-25)39-29(42)43)23(35)24(15)37-28(38-26)44-12-30-5-2-6-41(30)11-13(32)9-30/h3-4,7,13,19-20,39H,2,5-6,8-9,11-12H2,1H3,(H,42,43)/t13-,19+,20+,30+/m1/s1. The number of nitrogens with one attached hydrogen (secondary N) is 1. The zero-order valence-electron chi connectivity index (χ0n) is 23.7. The Labute approximate surface area is 263 Å². The molecule has 1 amide bonds. The fourth-order valence-electron chi connectivity index (χ4n) is 6.77. The molecule has 1 saturated carbocycles. The zero-order chi connectivity index (χ0) is 31.8. The number of nitrogens with zero attached hydrogens (tertiary/aromatic N) is 5. The molecule has 1 aliphatic carbocycles. The number of anilines is 2. The summed E-state index contributed by atoms with van der Waals surface area (Å²) in [5.41, 5.74) is -1.08. The van der Waals surface area contributed by atoms with Crippen LogP contribution in [-0.2, 0) is 0 Å². The summed E-state index contributed by atoms with van der Waals surface area (Å²) in [6.07, 6.45) is -1.36. The molecule has 0 spiro atoms. The fraction of sp³-hybridized carbons (Fsp3) is 0.400. The van der Waals surface area contributed by atoms with Gasteiger partial charge in [-0.15, -0.1) is 11.3 Å². The van der Waals surface area contributed by atoms with Gasteiger partial charge in [0.2, 0.25) is 0 Å². The summed E-state index contributed by atoms with van der Waals surface area (Å²) in [5, 5.41) is 21.2. The van der Waals surface area contributed by atoms with Gasteiger partial charge in [0.05, 0.1) is 26.9 Å². The van der Waals surface area contributed by atoms with Crippen LogP contribution in [0.15, 0.2) is 18.2 Å². The molecule has 2 N–H and O–H groups in total. The van der Waals surface area contributed by atoms with Gasteiger partial charge < -0.3 is 14.7 Å². The topological polar surface area (TPSA) is 115 Å². The largest absolute Gasteiger partial charge is 0.465 e. The third kappa shape index (κ3) is 4.88. The Bertz CT molecular complexity index is 1940. The van der Waals surface area contributed by atoms with E-state index in [1.807, 2.05) is 6.07 Å². The predicted molar refractivity (Wildman–Crippen MR) is 162 cm³/mol. The Morgan fingerprint density at radius 3 is 2.84 bits per heavy atom. The average molecular weight is 661 g/mol. The van der Waals surface area contributed by atoms with Gasteiger partial charge in [-0.3, -0.25) is 10.2 Å². The third-order valence-electron chi connectivity index (χ3n) is 8.98. The molecular formula is C30H25ClF4N6O3S. The van der Waals surface area contributed by atoms with E-state index in [4.69, 9.17) is 16.3 Å². The van der Waals surface area contributed by atoms with Gasteiger partial charge >= 0.3 is 12.1 Å². The van der Waals surface area contributed by atoms with E-state index in [2.05, 4.69) is 20.2 Å². The van der Waals surface area contributed by atoms with Gasteiger partial charge in [0.1, 0.15) is 47.2 Å². The maximum atomic E-state index is 16.8. The van der Waals surface area contributed by atoms with Crippen LogP contribution >= 0.6 is 22.9 Å². The molecule has 234 valence electrons. The fourth-order valence-corrected chi connectivity index (χ4v) is 8.14. The molecular weight excluding hydrogens is 636 g/mol. The molecule has 2 aromatic heterocycles. The zero-order valence-corrected chi connectivity index (χ0v) is 25.3. The monoisotopic (exact) mass is 660 g/mol. The van der Waals surface area contributed by atoms with Crippen LogP contribution in [0.2, 0.25) is 5.02 Å². The Morgan fingerprint density at radius 1 is 1.36 bits per heavy atom. The van der Waals surface area contributed by atoms with Crippen LogP contribution in [0.5, 0.6) is 6.01 Å². The molecule has 0 radical (unpaired) electrons. The molecule has 15 heteroatoms. The summed E-state index contributed by atoms with van der Waals surface area (Å²) in [6.45, 7) is 1.14. The quantitative estimate of drug-likeness (QED) is 0.206. The van der Waals surface area contributed by atoms with Crippen LogP contribution in [0.1, 0.15) is 31.2 Å². The second kappa shape index (κ2) is 10.9. The molecule has 3 fully saturated rings. The van der Waals surface area contributed by atoms with Gasteiger partial charge in [0, 0.05) is 42.8 Å². The van der Waals surface area contributed by atoms with E-state index in [-0.39, 0.29) is 72.6 Å². The molecule has 4 atom stereocenters. The summed E-state index contributed by atoms with van der Waals surface area (Å²) in [5.74, 6) is -1.47. The predicted octanol–water partition coefficient (Wildman–Crippen LogP) is 6.91. The van der Waals surface area contributed by atoms with Crippen LogP contribution in [0.4, 0.5) is 33.2 Å². The Hall–Kier alpha value is -3.93. The van der Waals surface area contributed by atoms with Gasteiger partial charge in [-0.2, -0.15) is 15.2 Å². The number of alkyl halides is 2. The lowest BCUT2D eigenvalue weighted by molar-refractivity contribution is 0.107. The average Bonchev–Trinajstić information content (AvgIpc) is 3.27. The number of carbonyl (C=O) groups is 1. The second-order valence-electron chi connectivity index (χ2n) is 11.7. The molecule has 4 aromatic rings. The molecule has 2 saturated heterocycles. The summed E-state index contributed by atoms with van der Waals surface area (Å²) < 4.78 is 66.2. The van der Waals surface area contributed by atoms with Crippen molar-refractivity contribution in [3.8, 4) is 23.2 Å². The van der Waals surface area contributed by atoms with E-state index >= 15 is 4.39 Å². The van der Waals surface area contributed by atoms with Crippen LogP contribution in [-0.4, -0.2) is 76.7 Å².